The Bertz CT molecular complexity index is 588. The summed E-state index contributed by atoms with van der Waals surface area (Å²) in [7, 11) is 0. The number of amides is 1. The molecule has 126 valence electrons. The summed E-state index contributed by atoms with van der Waals surface area (Å²) in [6, 6.07) is -0.0416. The molecule has 3 rings (SSSR count). The fraction of sp³-hybridized carbons (Fsp3) is 0.688. The lowest BCUT2D eigenvalue weighted by molar-refractivity contribution is -0.137. The molecule has 0 bridgehead atoms. The van der Waals surface area contributed by atoms with Crippen LogP contribution >= 0.6 is 0 Å². The Morgan fingerprint density at radius 1 is 1.13 bits per heavy atom. The predicted molar refractivity (Wildman–Crippen MR) is 88.5 cm³/mol. The number of piperidine rings is 1. The van der Waals surface area contributed by atoms with Gasteiger partial charge in [-0.3, -0.25) is 14.5 Å². The zero-order chi connectivity index (χ0) is 16.2. The number of piperazine rings is 1. The molecule has 0 saturated carbocycles. The van der Waals surface area contributed by atoms with E-state index in [1.54, 1.807) is 6.20 Å². The van der Waals surface area contributed by atoms with Crippen molar-refractivity contribution in [2.45, 2.75) is 32.2 Å². The third kappa shape index (κ3) is 3.55. The van der Waals surface area contributed by atoms with Crippen LogP contribution in [0.1, 0.15) is 26.2 Å². The minimum atomic E-state index is -0.172. The van der Waals surface area contributed by atoms with E-state index in [1.165, 1.54) is 25.5 Å². The molecule has 3 heterocycles. The Labute approximate surface area is 136 Å². The third-order valence-electron chi connectivity index (χ3n) is 4.88. The number of rotatable bonds is 3. The van der Waals surface area contributed by atoms with Gasteiger partial charge in [0.25, 0.3) is 5.56 Å². The number of aromatic nitrogens is 2. The number of carbonyl (C=O) groups excluding carboxylic acids is 1. The lowest BCUT2D eigenvalue weighted by atomic mass is 10.1. The van der Waals surface area contributed by atoms with Crippen LogP contribution in [0.2, 0.25) is 0 Å². The molecule has 0 radical (unpaired) electrons. The smallest absolute Gasteiger partial charge is 0.290 e. The molecule has 23 heavy (non-hydrogen) atoms. The number of aromatic amines is 1. The third-order valence-corrected chi connectivity index (χ3v) is 4.88. The van der Waals surface area contributed by atoms with Crippen molar-refractivity contribution in [2.24, 2.45) is 0 Å². The molecule has 7 nitrogen and oxygen atoms in total. The van der Waals surface area contributed by atoms with E-state index in [1.807, 2.05) is 16.7 Å². The molecular weight excluding hydrogens is 294 g/mol. The summed E-state index contributed by atoms with van der Waals surface area (Å²) in [6.07, 6.45) is 6.77. The van der Waals surface area contributed by atoms with Crippen LogP contribution in [0.5, 0.6) is 0 Å². The van der Waals surface area contributed by atoms with Gasteiger partial charge in [0.1, 0.15) is 0 Å². The average molecular weight is 319 g/mol. The molecule has 1 aromatic heterocycles. The van der Waals surface area contributed by atoms with Crippen molar-refractivity contribution in [3.05, 3.63) is 22.7 Å². The highest BCUT2D eigenvalue weighted by molar-refractivity contribution is 5.81. The molecule has 1 aromatic rings. The van der Waals surface area contributed by atoms with E-state index < -0.39 is 0 Å². The molecule has 1 atom stereocenters. The van der Waals surface area contributed by atoms with Crippen LogP contribution in [-0.4, -0.2) is 71.0 Å². The summed E-state index contributed by atoms with van der Waals surface area (Å²) in [6.45, 7) is 6.66. The van der Waals surface area contributed by atoms with Crippen LogP contribution in [0.4, 0.5) is 5.82 Å². The molecule has 2 aliphatic rings. The topological polar surface area (TPSA) is 72.5 Å². The van der Waals surface area contributed by atoms with Gasteiger partial charge in [-0.25, -0.2) is 4.98 Å². The number of nitrogens with one attached hydrogen (secondary N) is 1. The van der Waals surface area contributed by atoms with Gasteiger partial charge in [0.15, 0.2) is 5.82 Å². The van der Waals surface area contributed by atoms with E-state index >= 15 is 0 Å². The van der Waals surface area contributed by atoms with Crippen molar-refractivity contribution < 1.29 is 4.79 Å². The van der Waals surface area contributed by atoms with Crippen molar-refractivity contribution in [3.8, 4) is 0 Å². The number of hydrogen-bond donors (Lipinski definition) is 1. The SMILES string of the molecule is C[C@@H](C(=O)N1CCN(c2ncc[nH]c2=O)CC1)N1CCCCC1. The van der Waals surface area contributed by atoms with E-state index in [-0.39, 0.29) is 17.5 Å². The lowest BCUT2D eigenvalue weighted by Crippen LogP contribution is -2.55. The highest BCUT2D eigenvalue weighted by Gasteiger charge is 2.29. The summed E-state index contributed by atoms with van der Waals surface area (Å²) in [5.74, 6) is 0.658. The number of nitrogens with zero attached hydrogens (tertiary/aromatic N) is 4. The Kier molecular flexibility index (Phi) is 4.95. The molecule has 1 N–H and O–H groups in total. The highest BCUT2D eigenvalue weighted by atomic mass is 16.2. The van der Waals surface area contributed by atoms with Crippen LogP contribution in [0.3, 0.4) is 0 Å². The van der Waals surface area contributed by atoms with Gasteiger partial charge < -0.3 is 14.8 Å². The van der Waals surface area contributed by atoms with Crippen molar-refractivity contribution in [3.63, 3.8) is 0 Å². The van der Waals surface area contributed by atoms with Gasteiger partial charge in [0.2, 0.25) is 5.91 Å². The Balaban J connectivity index is 1.57. The van der Waals surface area contributed by atoms with Crippen LogP contribution in [0, 0.1) is 0 Å². The Morgan fingerprint density at radius 3 is 2.48 bits per heavy atom. The van der Waals surface area contributed by atoms with Gasteiger partial charge >= 0.3 is 0 Å². The second kappa shape index (κ2) is 7.12. The second-order valence-corrected chi connectivity index (χ2v) is 6.33. The molecule has 2 fully saturated rings. The summed E-state index contributed by atoms with van der Waals surface area (Å²) in [5.41, 5.74) is -0.172. The number of hydrogen-bond acceptors (Lipinski definition) is 5. The second-order valence-electron chi connectivity index (χ2n) is 6.33. The standard InChI is InChI=1S/C16H25N5O2/c1-13(19-7-3-2-4-8-19)16(23)21-11-9-20(10-12-21)14-15(22)18-6-5-17-14/h5-6,13H,2-4,7-12H2,1H3,(H,18,22)/t13-/m0/s1. The monoisotopic (exact) mass is 319 g/mol. The molecule has 0 spiro atoms. The van der Waals surface area contributed by atoms with Crippen molar-refractivity contribution in [1.82, 2.24) is 19.8 Å². The molecule has 2 aliphatic heterocycles. The summed E-state index contributed by atoms with van der Waals surface area (Å²) < 4.78 is 0. The molecule has 0 aromatic carbocycles. The first-order valence-electron chi connectivity index (χ1n) is 8.48. The largest absolute Gasteiger partial charge is 0.348 e. The van der Waals surface area contributed by atoms with Crippen molar-refractivity contribution >= 4 is 11.7 Å². The van der Waals surface area contributed by atoms with E-state index in [4.69, 9.17) is 0 Å². The Hall–Kier alpha value is -1.89. The minimum absolute atomic E-state index is 0.0416. The maximum atomic E-state index is 12.7. The normalized spacial score (nSPS) is 21.3. The maximum absolute atomic E-state index is 12.7. The molecule has 0 aliphatic carbocycles. The minimum Gasteiger partial charge on any atom is -0.348 e. The lowest BCUT2D eigenvalue weighted by Gasteiger charge is -2.39. The van der Waals surface area contributed by atoms with E-state index in [0.29, 0.717) is 32.0 Å². The number of likely N-dealkylation sites (tertiary alicyclic amines) is 1. The molecule has 0 unspecified atom stereocenters. The zero-order valence-corrected chi connectivity index (χ0v) is 13.7. The van der Waals surface area contributed by atoms with Crippen molar-refractivity contribution in [2.75, 3.05) is 44.2 Å². The molecular formula is C16H25N5O2. The van der Waals surface area contributed by atoms with Gasteiger partial charge in [0, 0.05) is 38.6 Å². The fourth-order valence-corrected chi connectivity index (χ4v) is 3.43. The van der Waals surface area contributed by atoms with Crippen LogP contribution < -0.4 is 10.5 Å². The van der Waals surface area contributed by atoms with Crippen LogP contribution in [0.15, 0.2) is 17.2 Å². The van der Waals surface area contributed by atoms with Gasteiger partial charge in [-0.05, 0) is 32.9 Å². The molecule has 1 amide bonds. The van der Waals surface area contributed by atoms with Crippen LogP contribution in [0.25, 0.3) is 0 Å². The van der Waals surface area contributed by atoms with E-state index in [2.05, 4.69) is 14.9 Å². The first-order valence-corrected chi connectivity index (χ1v) is 8.48. The van der Waals surface area contributed by atoms with E-state index in [9.17, 15) is 9.59 Å². The van der Waals surface area contributed by atoms with Gasteiger partial charge in [-0.2, -0.15) is 0 Å². The molecule has 7 heteroatoms. The highest BCUT2D eigenvalue weighted by Crippen LogP contribution is 2.15. The summed E-state index contributed by atoms with van der Waals surface area (Å²) in [5, 5.41) is 0. The maximum Gasteiger partial charge on any atom is 0.290 e. The van der Waals surface area contributed by atoms with Crippen LogP contribution in [-0.2, 0) is 4.79 Å². The summed E-state index contributed by atoms with van der Waals surface area (Å²) >= 11 is 0. The number of H-pyrrole nitrogens is 1. The fourth-order valence-electron chi connectivity index (χ4n) is 3.43. The van der Waals surface area contributed by atoms with E-state index in [0.717, 1.165) is 13.1 Å². The van der Waals surface area contributed by atoms with Crippen molar-refractivity contribution in [1.29, 1.82) is 0 Å². The number of anilines is 1. The van der Waals surface area contributed by atoms with Gasteiger partial charge in [-0.1, -0.05) is 6.42 Å². The average Bonchev–Trinajstić information content (AvgIpc) is 2.62. The zero-order valence-electron chi connectivity index (χ0n) is 13.7. The predicted octanol–water partition coefficient (Wildman–Crippen LogP) is 0.293. The van der Waals surface area contributed by atoms with Gasteiger partial charge in [0.05, 0.1) is 6.04 Å². The first kappa shape index (κ1) is 16.0. The molecule has 2 saturated heterocycles. The Morgan fingerprint density at radius 2 is 1.83 bits per heavy atom. The van der Waals surface area contributed by atoms with Gasteiger partial charge in [-0.15, -0.1) is 0 Å². The summed E-state index contributed by atoms with van der Waals surface area (Å²) in [4.78, 5) is 37.5. The first-order chi connectivity index (χ1) is 11.2. The quantitative estimate of drug-likeness (QED) is 0.867. The number of carbonyl (C=O) groups is 1.